The molecule has 5 heteroatoms. The lowest BCUT2D eigenvalue weighted by atomic mass is 9.87. The van der Waals surface area contributed by atoms with Gasteiger partial charge in [-0.15, -0.1) is 0 Å². The molecule has 0 aromatic heterocycles. The van der Waals surface area contributed by atoms with Gasteiger partial charge in [0.2, 0.25) is 5.91 Å². The van der Waals surface area contributed by atoms with Gasteiger partial charge in [-0.2, -0.15) is 0 Å². The van der Waals surface area contributed by atoms with Crippen LogP contribution in [0.5, 0.6) is 0 Å². The van der Waals surface area contributed by atoms with Crippen molar-refractivity contribution in [3.8, 4) is 0 Å². The Morgan fingerprint density at radius 1 is 1.38 bits per heavy atom. The summed E-state index contributed by atoms with van der Waals surface area (Å²) in [7, 11) is 1.67. The van der Waals surface area contributed by atoms with Crippen LogP contribution in [0.15, 0.2) is 18.2 Å². The molecule has 0 aliphatic carbocycles. The van der Waals surface area contributed by atoms with E-state index in [-0.39, 0.29) is 23.4 Å². The number of carbonyl (C=O) groups excluding carboxylic acids is 1. The highest BCUT2D eigenvalue weighted by molar-refractivity contribution is 5.80. The standard InChI is InChI=1S/C16H20F2N2O/c1-9(12-7-10(17)3-5-14(12)18)20(2)16(21)13-8-11-4-6-15(13)19-11/h3,5,7,9,11,13,15,19H,4,6,8H2,1-2H3. The molecule has 4 unspecified atom stereocenters. The molecule has 2 bridgehead atoms. The third kappa shape index (κ3) is 2.55. The molecule has 2 heterocycles. The number of halogens is 2. The van der Waals surface area contributed by atoms with Crippen molar-refractivity contribution in [1.29, 1.82) is 0 Å². The molecule has 114 valence electrons. The number of nitrogens with one attached hydrogen (secondary N) is 1. The highest BCUT2D eigenvalue weighted by Crippen LogP contribution is 2.35. The molecule has 3 rings (SSSR count). The zero-order valence-corrected chi connectivity index (χ0v) is 12.3. The maximum absolute atomic E-state index is 13.9. The summed E-state index contributed by atoms with van der Waals surface area (Å²) in [5.41, 5.74) is 0.224. The van der Waals surface area contributed by atoms with Crippen molar-refractivity contribution in [1.82, 2.24) is 10.2 Å². The number of rotatable bonds is 3. The van der Waals surface area contributed by atoms with Crippen LogP contribution < -0.4 is 5.32 Å². The number of hydrogen-bond donors (Lipinski definition) is 1. The molecular weight excluding hydrogens is 274 g/mol. The number of amides is 1. The van der Waals surface area contributed by atoms with Crippen LogP contribution in [-0.2, 0) is 4.79 Å². The molecule has 2 aliphatic heterocycles. The predicted molar refractivity (Wildman–Crippen MR) is 75.6 cm³/mol. The van der Waals surface area contributed by atoms with E-state index in [1.807, 2.05) is 0 Å². The van der Waals surface area contributed by atoms with Crippen molar-refractivity contribution in [2.45, 2.75) is 44.3 Å². The first kappa shape index (κ1) is 14.4. The summed E-state index contributed by atoms with van der Waals surface area (Å²) in [6.07, 6.45) is 3.01. The molecule has 1 N–H and O–H groups in total. The Morgan fingerprint density at radius 2 is 2.14 bits per heavy atom. The number of fused-ring (bicyclic) bond motifs is 2. The first-order chi connectivity index (χ1) is 9.97. The lowest BCUT2D eigenvalue weighted by Crippen LogP contribution is -2.40. The van der Waals surface area contributed by atoms with Gasteiger partial charge in [-0.1, -0.05) is 0 Å². The SMILES string of the molecule is CC(c1cc(F)ccc1F)N(C)C(=O)C1CC2CCC1N2. The number of carbonyl (C=O) groups is 1. The molecule has 2 aliphatic rings. The van der Waals surface area contributed by atoms with Gasteiger partial charge >= 0.3 is 0 Å². The second kappa shape index (κ2) is 5.37. The lowest BCUT2D eigenvalue weighted by Gasteiger charge is -2.30. The summed E-state index contributed by atoms with van der Waals surface area (Å²) >= 11 is 0. The second-order valence-electron chi connectivity index (χ2n) is 6.18. The molecule has 1 amide bonds. The van der Waals surface area contributed by atoms with Gasteiger partial charge < -0.3 is 10.2 Å². The third-order valence-corrected chi connectivity index (χ3v) is 4.95. The predicted octanol–water partition coefficient (Wildman–Crippen LogP) is 2.62. The average molecular weight is 294 g/mol. The Kier molecular flexibility index (Phi) is 3.69. The van der Waals surface area contributed by atoms with E-state index >= 15 is 0 Å². The van der Waals surface area contributed by atoms with E-state index in [0.29, 0.717) is 6.04 Å². The maximum Gasteiger partial charge on any atom is 0.227 e. The lowest BCUT2D eigenvalue weighted by molar-refractivity contribution is -0.136. The Morgan fingerprint density at radius 3 is 2.76 bits per heavy atom. The van der Waals surface area contributed by atoms with E-state index in [2.05, 4.69) is 5.32 Å². The molecule has 0 spiro atoms. The van der Waals surface area contributed by atoms with Crippen LogP contribution in [0.3, 0.4) is 0 Å². The summed E-state index contributed by atoms with van der Waals surface area (Å²) in [6, 6.07) is 3.58. The van der Waals surface area contributed by atoms with Gasteiger partial charge in [0.15, 0.2) is 0 Å². The van der Waals surface area contributed by atoms with Gasteiger partial charge in [-0.3, -0.25) is 4.79 Å². The molecule has 0 saturated carbocycles. The fourth-order valence-corrected chi connectivity index (χ4v) is 3.59. The van der Waals surface area contributed by atoms with Crippen molar-refractivity contribution in [2.24, 2.45) is 5.92 Å². The van der Waals surface area contributed by atoms with Crippen molar-refractivity contribution in [3.05, 3.63) is 35.4 Å². The molecule has 21 heavy (non-hydrogen) atoms. The summed E-state index contributed by atoms with van der Waals surface area (Å²) in [5, 5.41) is 3.43. The van der Waals surface area contributed by atoms with Crippen LogP contribution in [0.4, 0.5) is 8.78 Å². The molecule has 1 aromatic rings. The highest BCUT2D eigenvalue weighted by atomic mass is 19.1. The van der Waals surface area contributed by atoms with E-state index < -0.39 is 17.7 Å². The second-order valence-corrected chi connectivity index (χ2v) is 6.18. The van der Waals surface area contributed by atoms with E-state index in [4.69, 9.17) is 0 Å². The van der Waals surface area contributed by atoms with E-state index in [1.54, 1.807) is 18.9 Å². The third-order valence-electron chi connectivity index (χ3n) is 4.95. The van der Waals surface area contributed by atoms with Gasteiger partial charge in [0.1, 0.15) is 11.6 Å². The topological polar surface area (TPSA) is 32.3 Å². The zero-order chi connectivity index (χ0) is 15.1. The summed E-state index contributed by atoms with van der Waals surface area (Å²) < 4.78 is 27.2. The van der Waals surface area contributed by atoms with Crippen LogP contribution in [0, 0.1) is 17.6 Å². The molecular formula is C16H20F2N2O. The molecule has 2 fully saturated rings. The smallest absolute Gasteiger partial charge is 0.227 e. The Bertz CT molecular complexity index is 563. The van der Waals surface area contributed by atoms with Crippen LogP contribution in [0.1, 0.15) is 37.8 Å². The monoisotopic (exact) mass is 294 g/mol. The largest absolute Gasteiger partial charge is 0.339 e. The van der Waals surface area contributed by atoms with Crippen LogP contribution in [-0.4, -0.2) is 29.9 Å². The number of benzene rings is 1. The maximum atomic E-state index is 13.9. The Labute approximate surface area is 123 Å². The number of nitrogens with zero attached hydrogens (tertiary/aromatic N) is 1. The minimum atomic E-state index is -0.485. The van der Waals surface area contributed by atoms with Gasteiger partial charge in [0.25, 0.3) is 0 Å². The van der Waals surface area contributed by atoms with Crippen molar-refractivity contribution in [3.63, 3.8) is 0 Å². The van der Waals surface area contributed by atoms with Crippen molar-refractivity contribution in [2.75, 3.05) is 7.05 Å². The molecule has 1 aromatic carbocycles. The van der Waals surface area contributed by atoms with Crippen LogP contribution in [0.2, 0.25) is 0 Å². The van der Waals surface area contributed by atoms with Gasteiger partial charge in [0, 0.05) is 24.7 Å². The van der Waals surface area contributed by atoms with Gasteiger partial charge in [-0.05, 0) is 44.4 Å². The highest BCUT2D eigenvalue weighted by Gasteiger charge is 2.44. The molecule has 4 atom stereocenters. The summed E-state index contributed by atoms with van der Waals surface area (Å²) in [5.74, 6) is -0.978. The zero-order valence-electron chi connectivity index (χ0n) is 12.3. The van der Waals surface area contributed by atoms with E-state index in [1.165, 1.54) is 6.07 Å². The molecule has 2 saturated heterocycles. The van der Waals surface area contributed by atoms with E-state index in [0.717, 1.165) is 31.4 Å². The van der Waals surface area contributed by atoms with E-state index in [9.17, 15) is 13.6 Å². The fourth-order valence-electron chi connectivity index (χ4n) is 3.59. The Balaban J connectivity index is 1.76. The number of hydrogen-bond acceptors (Lipinski definition) is 2. The molecule has 3 nitrogen and oxygen atoms in total. The normalized spacial score (nSPS) is 28.7. The summed E-state index contributed by atoms with van der Waals surface area (Å²) in [6.45, 7) is 1.73. The van der Waals surface area contributed by atoms with Gasteiger partial charge in [-0.25, -0.2) is 8.78 Å². The fraction of sp³-hybridized carbons (Fsp3) is 0.562. The van der Waals surface area contributed by atoms with Crippen molar-refractivity contribution >= 4 is 5.91 Å². The minimum Gasteiger partial charge on any atom is -0.339 e. The minimum absolute atomic E-state index is 0.0193. The van der Waals surface area contributed by atoms with Crippen molar-refractivity contribution < 1.29 is 13.6 Å². The quantitative estimate of drug-likeness (QED) is 0.929. The molecule has 0 radical (unpaired) electrons. The first-order valence-electron chi connectivity index (χ1n) is 7.45. The average Bonchev–Trinajstić information content (AvgIpc) is 3.10. The van der Waals surface area contributed by atoms with Crippen LogP contribution in [0.25, 0.3) is 0 Å². The van der Waals surface area contributed by atoms with Crippen LogP contribution >= 0.6 is 0 Å². The van der Waals surface area contributed by atoms with Gasteiger partial charge in [0.05, 0.1) is 12.0 Å². The Hall–Kier alpha value is -1.49. The first-order valence-corrected chi connectivity index (χ1v) is 7.45. The summed E-state index contributed by atoms with van der Waals surface area (Å²) in [4.78, 5) is 14.2.